The Morgan fingerprint density at radius 2 is 1.52 bits per heavy atom. The maximum absolute atomic E-state index is 13.0. The minimum Gasteiger partial charge on any atom is -0.353 e. The maximum Gasteiger partial charge on any atom is 0.263 e. The van der Waals surface area contributed by atoms with Crippen LogP contribution in [0.25, 0.3) is 0 Å². The molecule has 1 saturated heterocycles. The Kier molecular flexibility index (Phi) is 3.62. The van der Waals surface area contributed by atoms with E-state index in [1.807, 2.05) is 24.3 Å². The standard InChI is InChI=1S/C21H18N2O4/c24-17-10-9-13-5-1-2-6-14(13)18-21(27-12-11-22(17)18)23-19(25)15-7-3-4-8-16(15)20(23)26/h1-8,18,21H,9-12H2. The van der Waals surface area contributed by atoms with Gasteiger partial charge in [-0.25, -0.2) is 4.90 Å². The highest BCUT2D eigenvalue weighted by molar-refractivity contribution is 6.21. The largest absolute Gasteiger partial charge is 0.353 e. The molecule has 0 spiro atoms. The predicted molar refractivity (Wildman–Crippen MR) is 95.9 cm³/mol. The number of imide groups is 1. The van der Waals surface area contributed by atoms with Gasteiger partial charge in [-0.2, -0.15) is 0 Å². The Morgan fingerprint density at radius 3 is 2.26 bits per heavy atom. The Labute approximate surface area is 156 Å². The van der Waals surface area contributed by atoms with Crippen LogP contribution in [0.4, 0.5) is 0 Å². The molecule has 0 bridgehead atoms. The van der Waals surface area contributed by atoms with Crippen LogP contribution in [-0.4, -0.2) is 46.9 Å². The van der Waals surface area contributed by atoms with Gasteiger partial charge in [0.1, 0.15) is 6.04 Å². The van der Waals surface area contributed by atoms with Crippen LogP contribution in [0, 0.1) is 0 Å². The van der Waals surface area contributed by atoms with Gasteiger partial charge in [-0.1, -0.05) is 36.4 Å². The van der Waals surface area contributed by atoms with E-state index in [1.54, 1.807) is 29.2 Å². The first kappa shape index (κ1) is 16.2. The number of aryl methyl sites for hydroxylation is 1. The molecule has 0 aromatic heterocycles. The highest BCUT2D eigenvalue weighted by Crippen LogP contribution is 2.39. The summed E-state index contributed by atoms with van der Waals surface area (Å²) in [5, 5.41) is 0. The quantitative estimate of drug-likeness (QED) is 0.729. The van der Waals surface area contributed by atoms with E-state index in [4.69, 9.17) is 4.74 Å². The molecule has 1 fully saturated rings. The van der Waals surface area contributed by atoms with Gasteiger partial charge in [-0.3, -0.25) is 14.4 Å². The van der Waals surface area contributed by atoms with Gasteiger partial charge in [0.2, 0.25) is 5.91 Å². The molecule has 2 unspecified atom stereocenters. The number of fused-ring (bicyclic) bond motifs is 4. The van der Waals surface area contributed by atoms with E-state index in [2.05, 4.69) is 0 Å². The second kappa shape index (κ2) is 6.03. The summed E-state index contributed by atoms with van der Waals surface area (Å²) in [6.45, 7) is 0.750. The number of ether oxygens (including phenoxy) is 1. The normalized spacial score (nSPS) is 24.4. The van der Waals surface area contributed by atoms with E-state index in [1.165, 1.54) is 4.90 Å². The van der Waals surface area contributed by atoms with E-state index >= 15 is 0 Å². The van der Waals surface area contributed by atoms with Gasteiger partial charge in [-0.15, -0.1) is 0 Å². The maximum atomic E-state index is 13.0. The smallest absolute Gasteiger partial charge is 0.263 e. The number of carbonyl (C=O) groups is 3. The molecule has 0 N–H and O–H groups in total. The molecule has 2 aromatic rings. The average molecular weight is 362 g/mol. The van der Waals surface area contributed by atoms with Crippen molar-refractivity contribution in [1.29, 1.82) is 0 Å². The van der Waals surface area contributed by atoms with Crippen molar-refractivity contribution in [3.8, 4) is 0 Å². The van der Waals surface area contributed by atoms with Gasteiger partial charge >= 0.3 is 0 Å². The lowest BCUT2D eigenvalue weighted by molar-refractivity contribution is -0.156. The summed E-state index contributed by atoms with van der Waals surface area (Å²) < 4.78 is 5.95. The highest BCUT2D eigenvalue weighted by Gasteiger charge is 2.48. The minimum atomic E-state index is -0.825. The first-order chi connectivity index (χ1) is 13.2. The molecule has 3 heterocycles. The van der Waals surface area contributed by atoms with Crippen molar-refractivity contribution in [2.75, 3.05) is 13.2 Å². The molecule has 6 nitrogen and oxygen atoms in total. The zero-order valence-corrected chi connectivity index (χ0v) is 14.6. The third kappa shape index (κ3) is 2.33. The summed E-state index contributed by atoms with van der Waals surface area (Å²) in [7, 11) is 0. The molecule has 136 valence electrons. The van der Waals surface area contributed by atoms with Crippen molar-refractivity contribution in [1.82, 2.24) is 9.80 Å². The highest BCUT2D eigenvalue weighted by atomic mass is 16.5. The van der Waals surface area contributed by atoms with Crippen LogP contribution in [0.2, 0.25) is 0 Å². The molecule has 3 aliphatic heterocycles. The number of hydrogen-bond donors (Lipinski definition) is 0. The summed E-state index contributed by atoms with van der Waals surface area (Å²) in [6, 6.07) is 14.1. The fourth-order valence-electron chi connectivity index (χ4n) is 4.35. The summed E-state index contributed by atoms with van der Waals surface area (Å²) >= 11 is 0. The van der Waals surface area contributed by atoms with Crippen molar-refractivity contribution < 1.29 is 19.1 Å². The van der Waals surface area contributed by atoms with Crippen molar-refractivity contribution in [3.63, 3.8) is 0 Å². The summed E-state index contributed by atoms with van der Waals surface area (Å²) in [5.74, 6) is -0.700. The SMILES string of the molecule is O=C1CCc2ccccc2C2C(N3C(=O)c4ccccc4C3=O)OCCN12. The van der Waals surface area contributed by atoms with Crippen molar-refractivity contribution >= 4 is 17.7 Å². The molecule has 6 heteroatoms. The van der Waals surface area contributed by atoms with Crippen molar-refractivity contribution in [2.24, 2.45) is 0 Å². The molecule has 0 aliphatic carbocycles. The Morgan fingerprint density at radius 1 is 0.852 bits per heavy atom. The molecule has 5 rings (SSSR count). The average Bonchev–Trinajstić information content (AvgIpc) is 2.86. The van der Waals surface area contributed by atoms with E-state index in [0.717, 1.165) is 11.1 Å². The number of rotatable bonds is 1. The number of benzene rings is 2. The lowest BCUT2D eigenvalue weighted by atomic mass is 9.96. The number of carbonyl (C=O) groups excluding carboxylic acids is 3. The number of morpholine rings is 1. The van der Waals surface area contributed by atoms with Crippen LogP contribution in [0.15, 0.2) is 48.5 Å². The first-order valence-corrected chi connectivity index (χ1v) is 9.12. The second-order valence-corrected chi connectivity index (χ2v) is 7.02. The number of nitrogens with zero attached hydrogens (tertiary/aromatic N) is 2. The Balaban J connectivity index is 1.62. The van der Waals surface area contributed by atoms with Crippen LogP contribution < -0.4 is 0 Å². The third-order valence-electron chi connectivity index (χ3n) is 5.61. The van der Waals surface area contributed by atoms with E-state index in [-0.39, 0.29) is 17.7 Å². The van der Waals surface area contributed by atoms with Gasteiger partial charge in [0.25, 0.3) is 11.8 Å². The van der Waals surface area contributed by atoms with Crippen molar-refractivity contribution in [3.05, 3.63) is 70.8 Å². The molecule has 0 saturated carbocycles. The second-order valence-electron chi connectivity index (χ2n) is 7.02. The lowest BCUT2D eigenvalue weighted by Crippen LogP contribution is -2.55. The molecule has 2 aromatic carbocycles. The van der Waals surface area contributed by atoms with E-state index in [0.29, 0.717) is 37.1 Å². The van der Waals surface area contributed by atoms with Gasteiger partial charge in [0.05, 0.1) is 17.7 Å². The zero-order chi connectivity index (χ0) is 18.5. The van der Waals surface area contributed by atoms with Gasteiger partial charge < -0.3 is 9.64 Å². The molecule has 2 atom stereocenters. The number of hydrogen-bond acceptors (Lipinski definition) is 4. The lowest BCUT2D eigenvalue weighted by Gasteiger charge is -2.43. The van der Waals surface area contributed by atoms with Crippen molar-refractivity contribution in [2.45, 2.75) is 25.1 Å². The van der Waals surface area contributed by atoms with Crippen LogP contribution in [0.1, 0.15) is 44.3 Å². The Hall–Kier alpha value is -2.99. The fourth-order valence-corrected chi connectivity index (χ4v) is 4.35. The van der Waals surface area contributed by atoms with E-state index < -0.39 is 12.3 Å². The summed E-state index contributed by atoms with van der Waals surface area (Å²) in [6.07, 6.45) is 0.244. The number of amides is 3. The van der Waals surface area contributed by atoms with Gasteiger partial charge in [0.15, 0.2) is 6.23 Å². The zero-order valence-electron chi connectivity index (χ0n) is 14.6. The molecular weight excluding hydrogens is 344 g/mol. The molecule has 3 aliphatic rings. The third-order valence-corrected chi connectivity index (χ3v) is 5.61. The van der Waals surface area contributed by atoms with Gasteiger partial charge in [-0.05, 0) is 29.7 Å². The summed E-state index contributed by atoms with van der Waals surface area (Å²) in [5.41, 5.74) is 2.78. The van der Waals surface area contributed by atoms with E-state index in [9.17, 15) is 14.4 Å². The molecule has 27 heavy (non-hydrogen) atoms. The van der Waals surface area contributed by atoms with Crippen LogP contribution >= 0.6 is 0 Å². The predicted octanol–water partition coefficient (Wildman–Crippen LogP) is 2.16. The van der Waals surface area contributed by atoms with Crippen LogP contribution in [0.3, 0.4) is 0 Å². The fraction of sp³-hybridized carbons (Fsp3) is 0.286. The molecule has 3 amide bonds. The first-order valence-electron chi connectivity index (χ1n) is 9.12. The molecule has 0 radical (unpaired) electrons. The Bertz CT molecular complexity index is 935. The topological polar surface area (TPSA) is 66.9 Å². The molecular formula is C21H18N2O4. The van der Waals surface area contributed by atoms with Crippen LogP contribution in [0.5, 0.6) is 0 Å². The van der Waals surface area contributed by atoms with Gasteiger partial charge in [0, 0.05) is 13.0 Å². The minimum absolute atomic E-state index is 0.0288. The monoisotopic (exact) mass is 362 g/mol. The van der Waals surface area contributed by atoms with Crippen LogP contribution in [-0.2, 0) is 16.0 Å². The summed E-state index contributed by atoms with van der Waals surface area (Å²) in [4.78, 5) is 41.7.